The van der Waals surface area contributed by atoms with Crippen LogP contribution in [0.3, 0.4) is 0 Å². The van der Waals surface area contributed by atoms with Gasteiger partial charge in [-0.1, -0.05) is 23.9 Å². The molecule has 1 atom stereocenters. The fraction of sp³-hybridized carbons (Fsp3) is 0.158. The minimum Gasteiger partial charge on any atom is -0.447 e. The fourth-order valence-corrected chi connectivity index (χ4v) is 3.37. The summed E-state index contributed by atoms with van der Waals surface area (Å²) in [5, 5.41) is 8.27. The summed E-state index contributed by atoms with van der Waals surface area (Å²) in [6.07, 6.45) is 0.333. The first-order chi connectivity index (χ1) is 13.9. The molecule has 0 saturated carbocycles. The number of benzene rings is 2. The minimum atomic E-state index is -1.39. The van der Waals surface area contributed by atoms with E-state index in [1.807, 2.05) is 0 Å². The predicted molar refractivity (Wildman–Crippen MR) is 99.9 cm³/mol. The maximum atomic E-state index is 14.6. The predicted octanol–water partition coefficient (Wildman–Crippen LogP) is 4.12. The van der Waals surface area contributed by atoms with Gasteiger partial charge in [0, 0.05) is 12.5 Å². The summed E-state index contributed by atoms with van der Waals surface area (Å²) < 4.78 is 48.4. The number of thioether (sulfide) groups is 1. The third-order valence-corrected chi connectivity index (χ3v) is 4.87. The second-order valence-electron chi connectivity index (χ2n) is 6.12. The molecule has 0 N–H and O–H groups in total. The molecular formula is C19H13F3N4O2S. The van der Waals surface area contributed by atoms with Crippen molar-refractivity contribution in [2.75, 3.05) is 11.2 Å². The van der Waals surface area contributed by atoms with E-state index in [2.05, 4.69) is 15.2 Å². The van der Waals surface area contributed by atoms with Crippen LogP contribution in [0.1, 0.15) is 18.7 Å². The number of halogens is 3. The number of rotatable bonds is 2. The van der Waals surface area contributed by atoms with Gasteiger partial charge in [0.25, 0.3) is 0 Å². The summed E-state index contributed by atoms with van der Waals surface area (Å²) in [6, 6.07) is 7.22. The molecule has 0 aliphatic carbocycles. The summed E-state index contributed by atoms with van der Waals surface area (Å²) in [4.78, 5) is 17.9. The SMILES string of the molecule is CSc1nnc2c(n1)OC(c1cccc(F)c1F)N(C(C)=O)c1ccc(F)cc1-2. The molecule has 2 aromatic carbocycles. The molecule has 0 fully saturated rings. The van der Waals surface area contributed by atoms with E-state index in [0.717, 1.165) is 23.1 Å². The summed E-state index contributed by atoms with van der Waals surface area (Å²) in [7, 11) is 0. The zero-order valence-electron chi connectivity index (χ0n) is 15.2. The topological polar surface area (TPSA) is 68.2 Å². The van der Waals surface area contributed by atoms with Gasteiger partial charge in [-0.3, -0.25) is 9.69 Å². The number of nitrogens with zero attached hydrogens (tertiary/aromatic N) is 4. The molecule has 10 heteroatoms. The van der Waals surface area contributed by atoms with Crippen LogP contribution in [0.4, 0.5) is 18.9 Å². The highest BCUT2D eigenvalue weighted by Gasteiger charge is 2.36. The number of hydrogen-bond acceptors (Lipinski definition) is 6. The number of hydrogen-bond donors (Lipinski definition) is 0. The van der Waals surface area contributed by atoms with Crippen LogP contribution in [0.5, 0.6) is 5.88 Å². The van der Waals surface area contributed by atoms with Gasteiger partial charge < -0.3 is 4.74 Å². The number of amides is 1. The molecule has 29 heavy (non-hydrogen) atoms. The van der Waals surface area contributed by atoms with Gasteiger partial charge in [-0.05, 0) is 30.5 Å². The molecule has 0 saturated heterocycles. The lowest BCUT2D eigenvalue weighted by Crippen LogP contribution is -2.36. The Hall–Kier alpha value is -3.14. The van der Waals surface area contributed by atoms with Crippen molar-refractivity contribution in [3.63, 3.8) is 0 Å². The Labute approximate surface area is 167 Å². The first-order valence-corrected chi connectivity index (χ1v) is 9.62. The number of aromatic nitrogens is 3. The standard InChI is InChI=1S/C19H13F3N4O2S/c1-9(27)26-14-7-6-10(20)8-12(14)16-17(23-19(29-2)25-24-16)28-18(26)11-4-3-5-13(21)15(11)22/h3-8,18H,1-2H3. The Kier molecular flexibility index (Phi) is 4.87. The van der Waals surface area contributed by atoms with Gasteiger partial charge in [-0.2, -0.15) is 4.98 Å². The zero-order valence-corrected chi connectivity index (χ0v) is 16.0. The van der Waals surface area contributed by atoms with Gasteiger partial charge >= 0.3 is 0 Å². The second kappa shape index (κ2) is 7.36. The second-order valence-corrected chi connectivity index (χ2v) is 6.89. The first-order valence-electron chi connectivity index (χ1n) is 8.39. The molecule has 1 amide bonds. The third-order valence-electron chi connectivity index (χ3n) is 4.34. The van der Waals surface area contributed by atoms with Crippen LogP contribution in [0.15, 0.2) is 41.6 Å². The van der Waals surface area contributed by atoms with Crippen LogP contribution >= 0.6 is 11.8 Å². The maximum Gasteiger partial charge on any atom is 0.247 e. The van der Waals surface area contributed by atoms with Gasteiger partial charge in [-0.15, -0.1) is 10.2 Å². The average Bonchev–Trinajstić information content (AvgIpc) is 2.83. The number of fused-ring (bicyclic) bond motifs is 3. The van der Waals surface area contributed by atoms with Crippen LogP contribution in [-0.2, 0) is 4.79 Å². The van der Waals surface area contributed by atoms with E-state index in [4.69, 9.17) is 4.74 Å². The lowest BCUT2D eigenvalue weighted by atomic mass is 10.1. The summed E-state index contributed by atoms with van der Waals surface area (Å²) >= 11 is 1.19. The Morgan fingerprint density at radius 2 is 1.97 bits per heavy atom. The van der Waals surface area contributed by atoms with Crippen LogP contribution in [-0.4, -0.2) is 27.3 Å². The lowest BCUT2D eigenvalue weighted by Gasteiger charge is -2.30. The van der Waals surface area contributed by atoms with Gasteiger partial charge in [0.05, 0.1) is 11.3 Å². The van der Waals surface area contributed by atoms with Crippen molar-refractivity contribution in [3.8, 4) is 17.1 Å². The molecular weight excluding hydrogens is 405 g/mol. The largest absolute Gasteiger partial charge is 0.447 e. The van der Waals surface area contributed by atoms with Crippen molar-refractivity contribution < 1.29 is 22.7 Å². The highest BCUT2D eigenvalue weighted by atomic mass is 32.2. The van der Waals surface area contributed by atoms with Gasteiger partial charge in [0.15, 0.2) is 17.3 Å². The lowest BCUT2D eigenvalue weighted by molar-refractivity contribution is -0.118. The first kappa shape index (κ1) is 19.2. The van der Waals surface area contributed by atoms with Gasteiger partial charge in [0.2, 0.25) is 23.2 Å². The molecule has 4 rings (SSSR count). The van der Waals surface area contributed by atoms with Crippen molar-refractivity contribution in [1.29, 1.82) is 0 Å². The maximum absolute atomic E-state index is 14.6. The molecule has 1 unspecified atom stereocenters. The summed E-state index contributed by atoms with van der Waals surface area (Å²) in [5.74, 6) is -3.44. The van der Waals surface area contributed by atoms with Crippen LogP contribution in [0.2, 0.25) is 0 Å². The monoisotopic (exact) mass is 418 g/mol. The van der Waals surface area contributed by atoms with E-state index in [-0.39, 0.29) is 33.5 Å². The van der Waals surface area contributed by atoms with E-state index < -0.39 is 29.6 Å². The molecule has 1 aliphatic heterocycles. The Bertz CT molecular complexity index is 1130. The molecule has 6 nitrogen and oxygen atoms in total. The van der Waals surface area contributed by atoms with Crippen LogP contribution < -0.4 is 9.64 Å². The smallest absolute Gasteiger partial charge is 0.247 e. The molecule has 1 aliphatic rings. The zero-order chi connectivity index (χ0) is 20.7. The highest BCUT2D eigenvalue weighted by molar-refractivity contribution is 7.98. The minimum absolute atomic E-state index is 0.0754. The molecule has 2 heterocycles. The van der Waals surface area contributed by atoms with Crippen molar-refractivity contribution in [3.05, 3.63) is 59.4 Å². The Morgan fingerprint density at radius 1 is 1.17 bits per heavy atom. The quantitative estimate of drug-likeness (QED) is 0.583. The van der Waals surface area contributed by atoms with E-state index >= 15 is 0 Å². The van der Waals surface area contributed by atoms with E-state index in [9.17, 15) is 18.0 Å². The van der Waals surface area contributed by atoms with Crippen molar-refractivity contribution in [2.45, 2.75) is 18.3 Å². The van der Waals surface area contributed by atoms with E-state index in [1.165, 1.54) is 36.9 Å². The molecule has 1 aromatic heterocycles. The van der Waals surface area contributed by atoms with Crippen LogP contribution in [0, 0.1) is 17.5 Å². The summed E-state index contributed by atoms with van der Waals surface area (Å²) in [6.45, 7) is 1.24. The average molecular weight is 418 g/mol. The van der Waals surface area contributed by atoms with Crippen molar-refractivity contribution >= 4 is 23.4 Å². The third kappa shape index (κ3) is 3.29. The molecule has 3 aromatic rings. The Balaban J connectivity index is 2.03. The molecule has 0 spiro atoms. The number of carbonyl (C=O) groups is 1. The van der Waals surface area contributed by atoms with Crippen molar-refractivity contribution in [2.24, 2.45) is 0 Å². The molecule has 148 valence electrons. The fourth-order valence-electron chi connectivity index (χ4n) is 3.08. The summed E-state index contributed by atoms with van der Waals surface area (Å²) in [5.41, 5.74) is 0.275. The number of ether oxygens (including phenoxy) is 1. The van der Waals surface area contributed by atoms with E-state index in [1.54, 1.807) is 6.26 Å². The van der Waals surface area contributed by atoms with Gasteiger partial charge in [0.1, 0.15) is 5.82 Å². The normalized spacial score (nSPS) is 15.2. The van der Waals surface area contributed by atoms with Gasteiger partial charge in [-0.25, -0.2) is 13.2 Å². The highest BCUT2D eigenvalue weighted by Crippen LogP contribution is 2.44. The van der Waals surface area contributed by atoms with E-state index in [0.29, 0.717) is 0 Å². The molecule has 0 bridgehead atoms. The molecule has 0 radical (unpaired) electrons. The number of anilines is 1. The van der Waals surface area contributed by atoms with Crippen LogP contribution in [0.25, 0.3) is 11.3 Å². The van der Waals surface area contributed by atoms with Crippen molar-refractivity contribution in [1.82, 2.24) is 15.2 Å². The number of carbonyl (C=O) groups excluding carboxylic acids is 1. The Morgan fingerprint density at radius 3 is 2.69 bits per heavy atom.